The number of hydrogen-bond donors (Lipinski definition) is 0. The van der Waals surface area contributed by atoms with Crippen molar-refractivity contribution in [3.63, 3.8) is 0 Å². The largest absolute Gasteiger partial charge is 0.494 e. The Kier molecular flexibility index (Phi) is 15.6. The lowest BCUT2D eigenvalue weighted by Gasteiger charge is -2.12. The van der Waals surface area contributed by atoms with Crippen LogP contribution in [-0.2, 0) is 10.9 Å². The Morgan fingerprint density at radius 3 is 0.900 bits per heavy atom. The van der Waals surface area contributed by atoms with Crippen LogP contribution in [0.2, 0.25) is 0 Å². The number of rotatable bonds is 21. The van der Waals surface area contributed by atoms with Crippen molar-refractivity contribution in [1.82, 2.24) is 0 Å². The summed E-state index contributed by atoms with van der Waals surface area (Å²) in [5, 5.41) is 0. The van der Waals surface area contributed by atoms with Gasteiger partial charge in [-0.1, -0.05) is 78.6 Å². The van der Waals surface area contributed by atoms with E-state index in [9.17, 15) is 0 Å². The predicted molar refractivity (Wildman–Crippen MR) is 170 cm³/mol. The number of hydrogen-bond acceptors (Lipinski definition) is 3. The van der Waals surface area contributed by atoms with E-state index in [0.29, 0.717) is 0 Å². The van der Waals surface area contributed by atoms with Crippen molar-refractivity contribution < 1.29 is 14.2 Å². The minimum absolute atomic E-state index is 0.236. The van der Waals surface area contributed by atoms with Crippen LogP contribution < -0.4 is 14.2 Å². The quantitative estimate of drug-likeness (QED) is 0.0953. The molecule has 0 heterocycles. The van der Waals surface area contributed by atoms with Gasteiger partial charge in [-0.2, -0.15) is 0 Å². The minimum Gasteiger partial charge on any atom is -0.494 e. The molecule has 0 aromatic heterocycles. The summed E-state index contributed by atoms with van der Waals surface area (Å²) in [6.07, 6.45) is 14.6. The lowest BCUT2D eigenvalue weighted by atomic mass is 10.2. The highest BCUT2D eigenvalue weighted by atomic mass is 32.2. The second-order valence-electron chi connectivity index (χ2n) is 10.4. The second-order valence-corrected chi connectivity index (χ2v) is 12.5. The van der Waals surface area contributed by atoms with Gasteiger partial charge in [-0.3, -0.25) is 0 Å². The Balaban J connectivity index is 1.71. The summed E-state index contributed by atoms with van der Waals surface area (Å²) in [6, 6.07) is 26.1. The maximum absolute atomic E-state index is 6.02. The van der Waals surface area contributed by atoms with Crippen molar-refractivity contribution in [1.29, 1.82) is 0 Å². The standard InChI is InChI=1S/C36H51O3S/c1-4-7-10-13-28-37-31-16-22-34(23-17-31)40(35-24-18-32(19-25-35)38-29-14-11-8-5-2)36-26-20-33(21-27-36)39-30-15-12-9-6-3/h16-27H,4-15,28-30H2,1-3H3/q+1. The molecular weight excluding hydrogens is 512 g/mol. The molecule has 0 fully saturated rings. The van der Waals surface area contributed by atoms with E-state index < -0.39 is 0 Å². The van der Waals surface area contributed by atoms with Crippen LogP contribution in [0.1, 0.15) is 97.8 Å². The lowest BCUT2D eigenvalue weighted by molar-refractivity contribution is 0.305. The SMILES string of the molecule is CCCCCCOc1ccc([S+](c2ccc(OCCCCCC)cc2)c2ccc(OCCCCCC)cc2)cc1. The minimum atomic E-state index is -0.236. The van der Waals surface area contributed by atoms with Gasteiger partial charge in [-0.15, -0.1) is 0 Å². The molecule has 0 amide bonds. The average molecular weight is 564 g/mol. The third-order valence-corrected chi connectivity index (χ3v) is 9.21. The smallest absolute Gasteiger partial charge is 0.166 e. The maximum Gasteiger partial charge on any atom is 0.166 e. The summed E-state index contributed by atoms with van der Waals surface area (Å²) < 4.78 is 18.1. The Bertz CT molecular complexity index is 894. The van der Waals surface area contributed by atoms with Crippen LogP contribution in [0.4, 0.5) is 0 Å². The van der Waals surface area contributed by atoms with Crippen LogP contribution in [0.15, 0.2) is 87.5 Å². The van der Waals surface area contributed by atoms with Gasteiger partial charge in [0.2, 0.25) is 0 Å². The molecule has 3 rings (SSSR count). The van der Waals surface area contributed by atoms with E-state index in [4.69, 9.17) is 14.2 Å². The summed E-state index contributed by atoms with van der Waals surface area (Å²) in [5.41, 5.74) is 0. The predicted octanol–water partition coefficient (Wildman–Crippen LogP) is 10.7. The molecule has 0 aliphatic rings. The second kappa shape index (κ2) is 19.5. The van der Waals surface area contributed by atoms with Gasteiger partial charge in [0.1, 0.15) is 17.2 Å². The number of benzene rings is 3. The molecule has 0 aliphatic heterocycles. The highest BCUT2D eigenvalue weighted by molar-refractivity contribution is 7.97. The van der Waals surface area contributed by atoms with Crippen LogP contribution >= 0.6 is 0 Å². The zero-order valence-corrected chi connectivity index (χ0v) is 26.0. The first kappa shape index (κ1) is 31.9. The average Bonchev–Trinajstić information content (AvgIpc) is 2.99. The molecular formula is C36H51O3S+. The fraction of sp³-hybridized carbons (Fsp3) is 0.500. The van der Waals surface area contributed by atoms with E-state index >= 15 is 0 Å². The van der Waals surface area contributed by atoms with Crippen molar-refractivity contribution in [2.24, 2.45) is 0 Å². The van der Waals surface area contributed by atoms with Crippen LogP contribution in [0.25, 0.3) is 0 Å². The van der Waals surface area contributed by atoms with E-state index in [1.165, 1.54) is 72.5 Å². The molecule has 0 saturated carbocycles. The van der Waals surface area contributed by atoms with Crippen molar-refractivity contribution in [3.8, 4) is 17.2 Å². The maximum atomic E-state index is 6.02. The molecule has 4 heteroatoms. The Morgan fingerprint density at radius 2 is 0.650 bits per heavy atom. The van der Waals surface area contributed by atoms with Gasteiger partial charge < -0.3 is 14.2 Å². The van der Waals surface area contributed by atoms with Crippen molar-refractivity contribution in [2.75, 3.05) is 19.8 Å². The number of unbranched alkanes of at least 4 members (excludes halogenated alkanes) is 9. The topological polar surface area (TPSA) is 27.7 Å². The molecule has 3 aromatic carbocycles. The van der Waals surface area contributed by atoms with Gasteiger partial charge in [0.15, 0.2) is 14.7 Å². The normalized spacial score (nSPS) is 11.1. The summed E-state index contributed by atoms with van der Waals surface area (Å²) in [6.45, 7) is 9.06. The summed E-state index contributed by atoms with van der Waals surface area (Å²) in [5.74, 6) is 2.84. The molecule has 218 valence electrons. The lowest BCUT2D eigenvalue weighted by Crippen LogP contribution is -2.06. The Morgan fingerprint density at radius 1 is 0.375 bits per heavy atom. The van der Waals surface area contributed by atoms with Gasteiger partial charge in [0.25, 0.3) is 0 Å². The molecule has 0 unspecified atom stereocenters. The van der Waals surface area contributed by atoms with Gasteiger partial charge in [-0.05, 0) is 92.1 Å². The van der Waals surface area contributed by atoms with Crippen LogP contribution in [0, 0.1) is 0 Å². The van der Waals surface area contributed by atoms with Gasteiger partial charge >= 0.3 is 0 Å². The molecule has 0 N–H and O–H groups in total. The van der Waals surface area contributed by atoms with E-state index in [0.717, 1.165) is 56.3 Å². The molecule has 0 atom stereocenters. The van der Waals surface area contributed by atoms with Crippen LogP contribution in [0.5, 0.6) is 17.2 Å². The molecule has 0 saturated heterocycles. The molecule has 40 heavy (non-hydrogen) atoms. The zero-order valence-electron chi connectivity index (χ0n) is 25.2. The van der Waals surface area contributed by atoms with E-state index in [1.54, 1.807) is 0 Å². The monoisotopic (exact) mass is 563 g/mol. The van der Waals surface area contributed by atoms with E-state index in [2.05, 4.69) is 93.6 Å². The molecule has 0 aliphatic carbocycles. The summed E-state index contributed by atoms with van der Waals surface area (Å²) in [7, 11) is -0.236. The van der Waals surface area contributed by atoms with Crippen molar-refractivity contribution >= 4 is 10.9 Å². The van der Waals surface area contributed by atoms with E-state index in [-0.39, 0.29) is 10.9 Å². The Labute approximate surface area is 247 Å². The summed E-state index contributed by atoms with van der Waals surface area (Å²) in [4.78, 5) is 3.83. The Hall–Kier alpha value is -2.59. The zero-order chi connectivity index (χ0) is 28.3. The summed E-state index contributed by atoms with van der Waals surface area (Å²) >= 11 is 0. The van der Waals surface area contributed by atoms with Crippen LogP contribution in [-0.4, -0.2) is 19.8 Å². The third kappa shape index (κ3) is 11.5. The first-order valence-corrected chi connectivity index (χ1v) is 16.9. The fourth-order valence-electron chi connectivity index (χ4n) is 4.58. The van der Waals surface area contributed by atoms with Crippen molar-refractivity contribution in [3.05, 3.63) is 72.8 Å². The first-order valence-electron chi connectivity index (χ1n) is 15.7. The molecule has 0 bridgehead atoms. The highest BCUT2D eigenvalue weighted by Gasteiger charge is 2.29. The van der Waals surface area contributed by atoms with Gasteiger partial charge in [0, 0.05) is 0 Å². The van der Waals surface area contributed by atoms with Gasteiger partial charge in [0.05, 0.1) is 30.7 Å². The van der Waals surface area contributed by atoms with Gasteiger partial charge in [-0.25, -0.2) is 0 Å². The molecule has 0 radical (unpaired) electrons. The van der Waals surface area contributed by atoms with Crippen molar-refractivity contribution in [2.45, 2.75) is 113 Å². The highest BCUT2D eigenvalue weighted by Crippen LogP contribution is 2.34. The molecule has 0 spiro atoms. The van der Waals surface area contributed by atoms with Crippen LogP contribution in [0.3, 0.4) is 0 Å². The third-order valence-electron chi connectivity index (χ3n) is 6.98. The first-order chi connectivity index (χ1) is 19.7. The fourth-order valence-corrected chi connectivity index (χ4v) is 6.62. The van der Waals surface area contributed by atoms with E-state index in [1.807, 2.05) is 0 Å². The number of ether oxygens (including phenoxy) is 3. The molecule has 3 aromatic rings. The molecule has 3 nitrogen and oxygen atoms in total.